The minimum absolute atomic E-state index is 0.0622. The van der Waals surface area contributed by atoms with Crippen molar-refractivity contribution in [3.8, 4) is 0 Å². The van der Waals surface area contributed by atoms with Crippen molar-refractivity contribution in [1.29, 1.82) is 0 Å². The molecular weight excluding hydrogens is 288 g/mol. The molecule has 1 rings (SSSR count). The fourth-order valence-corrected chi connectivity index (χ4v) is 4.94. The lowest BCUT2D eigenvalue weighted by Gasteiger charge is -2.48. The first-order valence-corrected chi connectivity index (χ1v) is 11.5. The number of hydrogen-bond donors (Lipinski definition) is 0. The van der Waals surface area contributed by atoms with Crippen LogP contribution in [0.15, 0.2) is 11.1 Å². The van der Waals surface area contributed by atoms with Gasteiger partial charge >= 0.3 is 0 Å². The molecule has 0 heterocycles. The molecule has 3 heteroatoms. The van der Waals surface area contributed by atoms with E-state index in [1.54, 1.807) is 0 Å². The van der Waals surface area contributed by atoms with Crippen molar-refractivity contribution in [3.63, 3.8) is 0 Å². The van der Waals surface area contributed by atoms with Crippen LogP contribution < -0.4 is 0 Å². The molecule has 0 aromatic heterocycles. The second-order valence-electron chi connectivity index (χ2n) is 9.39. The van der Waals surface area contributed by atoms with E-state index in [1.165, 1.54) is 0 Å². The highest BCUT2D eigenvalue weighted by Gasteiger charge is 2.46. The molecule has 22 heavy (non-hydrogen) atoms. The predicted molar refractivity (Wildman–Crippen MR) is 97.6 cm³/mol. The predicted octanol–water partition coefficient (Wildman–Crippen LogP) is 5.59. The zero-order valence-corrected chi connectivity index (χ0v) is 17.3. The molecule has 0 bridgehead atoms. The van der Waals surface area contributed by atoms with Gasteiger partial charge in [0.1, 0.15) is 6.29 Å². The summed E-state index contributed by atoms with van der Waals surface area (Å²) in [5, 5.41) is 0.189. The van der Waals surface area contributed by atoms with Crippen LogP contribution in [0, 0.1) is 17.3 Å². The van der Waals surface area contributed by atoms with Crippen molar-refractivity contribution < 1.29 is 9.22 Å². The summed E-state index contributed by atoms with van der Waals surface area (Å²) in [5.41, 5.74) is 2.05. The largest absolute Gasteiger partial charge is 0.410 e. The molecule has 0 saturated heterocycles. The molecule has 0 aromatic rings. The number of allylic oxidation sites excluding steroid dienone is 1. The Labute approximate surface area is 138 Å². The summed E-state index contributed by atoms with van der Waals surface area (Å²) in [7, 11) is -1.84. The second kappa shape index (κ2) is 6.24. The van der Waals surface area contributed by atoms with Crippen LogP contribution in [0.1, 0.15) is 61.8 Å². The van der Waals surface area contributed by atoms with E-state index in [4.69, 9.17) is 4.43 Å². The van der Waals surface area contributed by atoms with Gasteiger partial charge in [0.25, 0.3) is 0 Å². The highest BCUT2D eigenvalue weighted by Crippen LogP contribution is 2.49. The lowest BCUT2D eigenvalue weighted by Crippen LogP contribution is -2.48. The lowest BCUT2D eigenvalue weighted by atomic mass is 9.61. The van der Waals surface area contributed by atoms with Gasteiger partial charge in [0.15, 0.2) is 8.32 Å². The quantitative estimate of drug-likeness (QED) is 0.497. The summed E-state index contributed by atoms with van der Waals surface area (Å²) in [4.78, 5) is 11.8. The molecule has 0 aromatic carbocycles. The number of carbonyl (C=O) groups is 1. The van der Waals surface area contributed by atoms with Crippen molar-refractivity contribution >= 4 is 14.6 Å². The van der Waals surface area contributed by atoms with Gasteiger partial charge in [-0.1, -0.05) is 48.5 Å². The summed E-state index contributed by atoms with van der Waals surface area (Å²) < 4.78 is 6.68. The third-order valence-electron chi connectivity index (χ3n) is 6.16. The molecule has 0 fully saturated rings. The highest BCUT2D eigenvalue weighted by molar-refractivity contribution is 6.74. The minimum Gasteiger partial charge on any atom is -0.410 e. The van der Waals surface area contributed by atoms with Crippen LogP contribution in [0.3, 0.4) is 0 Å². The van der Waals surface area contributed by atoms with Crippen LogP contribution in [0.5, 0.6) is 0 Å². The van der Waals surface area contributed by atoms with Gasteiger partial charge in [0.05, 0.1) is 6.10 Å². The molecule has 0 amide bonds. The SMILES string of the molecule is CC1=C(C=O)C(C)(C)[C@H](C(C)C)C[C@@H]1O[Si](C)(C)C(C)(C)C. The molecule has 0 spiro atoms. The van der Waals surface area contributed by atoms with Gasteiger partial charge in [-0.15, -0.1) is 0 Å². The molecule has 0 saturated carbocycles. The van der Waals surface area contributed by atoms with Crippen molar-refractivity contribution in [2.45, 2.75) is 86.0 Å². The molecule has 0 unspecified atom stereocenters. The average Bonchev–Trinajstić information content (AvgIpc) is 2.30. The summed E-state index contributed by atoms with van der Waals surface area (Å²) in [6.07, 6.45) is 2.20. The topological polar surface area (TPSA) is 26.3 Å². The van der Waals surface area contributed by atoms with E-state index in [1.807, 2.05) is 0 Å². The number of carbonyl (C=O) groups excluding carboxylic acids is 1. The fourth-order valence-electron chi connectivity index (χ4n) is 3.60. The Bertz CT molecular complexity index is 453. The maximum absolute atomic E-state index is 11.8. The van der Waals surface area contributed by atoms with E-state index >= 15 is 0 Å². The molecular formula is C19H36O2Si. The minimum atomic E-state index is -1.84. The number of rotatable bonds is 4. The fraction of sp³-hybridized carbons (Fsp3) is 0.842. The average molecular weight is 325 g/mol. The zero-order chi connectivity index (χ0) is 17.5. The third-order valence-corrected chi connectivity index (χ3v) is 10.6. The van der Waals surface area contributed by atoms with E-state index in [9.17, 15) is 4.79 Å². The summed E-state index contributed by atoms with van der Waals surface area (Å²) >= 11 is 0. The Morgan fingerprint density at radius 3 is 2.14 bits per heavy atom. The Kier molecular flexibility index (Phi) is 5.57. The van der Waals surface area contributed by atoms with E-state index in [0.717, 1.165) is 23.9 Å². The summed E-state index contributed by atoms with van der Waals surface area (Å²) in [6, 6.07) is 0. The normalized spacial score (nSPS) is 26.5. The standard InChI is InChI=1S/C19H36O2Si/c1-13(2)15-11-17(21-22(9,10)18(4,5)6)14(3)16(12-20)19(15,7)8/h12-13,15,17H,11H2,1-10H3/t15-,17-/m0/s1. The summed E-state index contributed by atoms with van der Waals surface area (Å²) in [6.45, 7) is 22.5. The van der Waals surface area contributed by atoms with Gasteiger partial charge in [0, 0.05) is 0 Å². The molecule has 2 nitrogen and oxygen atoms in total. The first kappa shape index (κ1) is 19.6. The van der Waals surface area contributed by atoms with E-state index < -0.39 is 8.32 Å². The molecule has 1 aliphatic carbocycles. The molecule has 128 valence electrons. The van der Waals surface area contributed by atoms with E-state index in [2.05, 4.69) is 68.5 Å². The van der Waals surface area contributed by atoms with Crippen molar-refractivity contribution in [2.75, 3.05) is 0 Å². The van der Waals surface area contributed by atoms with Crippen molar-refractivity contribution in [3.05, 3.63) is 11.1 Å². The summed E-state index contributed by atoms with van der Waals surface area (Å²) in [5.74, 6) is 1.02. The molecule has 0 radical (unpaired) electrons. The Balaban J connectivity index is 3.25. The highest BCUT2D eigenvalue weighted by atomic mass is 28.4. The van der Waals surface area contributed by atoms with E-state index in [0.29, 0.717) is 11.8 Å². The molecule has 0 aliphatic heterocycles. The maximum Gasteiger partial charge on any atom is 0.192 e. The Morgan fingerprint density at radius 1 is 1.27 bits per heavy atom. The van der Waals surface area contributed by atoms with E-state index in [-0.39, 0.29) is 16.6 Å². The van der Waals surface area contributed by atoms with Gasteiger partial charge in [-0.3, -0.25) is 4.79 Å². The third kappa shape index (κ3) is 3.56. The van der Waals surface area contributed by atoms with Crippen LogP contribution >= 0.6 is 0 Å². The van der Waals surface area contributed by atoms with Crippen molar-refractivity contribution in [2.24, 2.45) is 17.3 Å². The molecule has 2 atom stereocenters. The number of aldehydes is 1. The van der Waals surface area contributed by atoms with Crippen LogP contribution in [-0.2, 0) is 9.22 Å². The van der Waals surface area contributed by atoms with Gasteiger partial charge in [0.2, 0.25) is 0 Å². The van der Waals surface area contributed by atoms with Crippen LogP contribution in [0.4, 0.5) is 0 Å². The monoisotopic (exact) mass is 324 g/mol. The maximum atomic E-state index is 11.8. The zero-order valence-electron chi connectivity index (χ0n) is 16.3. The van der Waals surface area contributed by atoms with Crippen molar-refractivity contribution in [1.82, 2.24) is 0 Å². The van der Waals surface area contributed by atoms with Gasteiger partial charge in [-0.25, -0.2) is 0 Å². The van der Waals surface area contributed by atoms with Gasteiger partial charge < -0.3 is 4.43 Å². The molecule has 1 aliphatic rings. The number of hydrogen-bond acceptors (Lipinski definition) is 2. The van der Waals surface area contributed by atoms with Gasteiger partial charge in [-0.05, 0) is 59.9 Å². The van der Waals surface area contributed by atoms with Gasteiger partial charge in [-0.2, -0.15) is 0 Å². The Morgan fingerprint density at radius 2 is 1.77 bits per heavy atom. The van der Waals surface area contributed by atoms with Crippen LogP contribution in [0.25, 0.3) is 0 Å². The van der Waals surface area contributed by atoms with Crippen LogP contribution in [-0.4, -0.2) is 20.7 Å². The van der Waals surface area contributed by atoms with Crippen LogP contribution in [0.2, 0.25) is 18.1 Å². The molecule has 0 N–H and O–H groups in total. The second-order valence-corrected chi connectivity index (χ2v) is 14.1. The first-order chi connectivity index (χ1) is 9.75. The lowest BCUT2D eigenvalue weighted by molar-refractivity contribution is -0.106. The smallest absolute Gasteiger partial charge is 0.192 e. The first-order valence-electron chi connectivity index (χ1n) is 8.60. The Hall–Kier alpha value is -0.413.